The molecule has 12 heteroatoms. The van der Waals surface area contributed by atoms with Crippen molar-refractivity contribution >= 4 is 23.7 Å². The molecule has 5 nitrogen and oxygen atoms in total. The molecule has 1 aliphatic heterocycles. The van der Waals surface area contributed by atoms with E-state index < -0.39 is 54.7 Å². The van der Waals surface area contributed by atoms with Gasteiger partial charge in [0.15, 0.2) is 0 Å². The van der Waals surface area contributed by atoms with Crippen LogP contribution in [0.1, 0.15) is 22.3 Å². The summed E-state index contributed by atoms with van der Waals surface area (Å²) in [7, 11) is 0. The predicted molar refractivity (Wildman–Crippen MR) is 110 cm³/mol. The number of carbonyl (C=O) groups is 2. The Kier molecular flexibility index (Phi) is 7.80. The normalized spacial score (nSPS) is 16.3. The number of ether oxygens (including phenoxy) is 2. The molecule has 182 valence electrons. The number of rotatable bonds is 6. The zero-order valence-corrected chi connectivity index (χ0v) is 18.0. The maximum atomic E-state index is 12.8. The number of thioether (sulfide) groups is 1. The number of carbonyl (C=O) groups excluding carboxylic acids is 2. The van der Waals surface area contributed by atoms with Crippen molar-refractivity contribution in [1.29, 1.82) is 0 Å². The predicted octanol–water partition coefficient (Wildman–Crippen LogP) is 5.06. The maximum absolute atomic E-state index is 12.8. The lowest BCUT2D eigenvalue weighted by molar-refractivity contribution is -0.147. The van der Waals surface area contributed by atoms with Gasteiger partial charge in [-0.1, -0.05) is 24.3 Å². The fourth-order valence-corrected chi connectivity index (χ4v) is 3.72. The quantitative estimate of drug-likeness (QED) is 0.438. The maximum Gasteiger partial charge on any atom is 0.416 e. The van der Waals surface area contributed by atoms with E-state index in [1.807, 2.05) is 0 Å². The molecule has 0 amide bonds. The van der Waals surface area contributed by atoms with Gasteiger partial charge in [0.25, 0.3) is 0 Å². The summed E-state index contributed by atoms with van der Waals surface area (Å²) in [6.45, 7) is -0.818. The molecule has 0 saturated carbocycles. The highest BCUT2D eigenvalue weighted by molar-refractivity contribution is 8.02. The van der Waals surface area contributed by atoms with Crippen LogP contribution in [0.15, 0.2) is 59.6 Å². The van der Waals surface area contributed by atoms with Crippen molar-refractivity contribution in [3.63, 3.8) is 0 Å². The Labute approximate surface area is 194 Å². The van der Waals surface area contributed by atoms with Crippen LogP contribution in [0, 0.1) is 0 Å². The van der Waals surface area contributed by atoms with Crippen LogP contribution in [-0.2, 0) is 44.6 Å². The molecule has 0 unspecified atom stereocenters. The first kappa shape index (κ1) is 25.5. The summed E-state index contributed by atoms with van der Waals surface area (Å²) in [4.78, 5) is 24.6. The van der Waals surface area contributed by atoms with Crippen molar-refractivity contribution in [1.82, 2.24) is 5.32 Å². The Balaban J connectivity index is 1.53. The molecule has 1 heterocycles. The summed E-state index contributed by atoms with van der Waals surface area (Å²) >= 11 is 1.10. The lowest BCUT2D eigenvalue weighted by atomic mass is 10.1. The molecule has 0 fully saturated rings. The van der Waals surface area contributed by atoms with Crippen molar-refractivity contribution in [3.05, 3.63) is 81.9 Å². The zero-order chi connectivity index (χ0) is 24.9. The number of hydrogen-bond donors (Lipinski definition) is 1. The van der Waals surface area contributed by atoms with Crippen molar-refractivity contribution in [2.75, 3.05) is 5.75 Å². The van der Waals surface area contributed by atoms with Gasteiger partial charge in [-0.2, -0.15) is 26.3 Å². The van der Waals surface area contributed by atoms with E-state index in [9.17, 15) is 35.9 Å². The molecule has 0 bridgehead atoms. The molecule has 1 aliphatic rings. The summed E-state index contributed by atoms with van der Waals surface area (Å²) in [5.74, 6) is -1.49. The van der Waals surface area contributed by atoms with Gasteiger partial charge >= 0.3 is 24.3 Å². The molecule has 0 saturated heterocycles. The molecule has 0 spiro atoms. The van der Waals surface area contributed by atoms with Gasteiger partial charge in [-0.05, 0) is 35.4 Å². The van der Waals surface area contributed by atoms with Gasteiger partial charge < -0.3 is 14.8 Å². The number of nitrogens with one attached hydrogen (secondary N) is 1. The molecule has 2 aromatic rings. The summed E-state index contributed by atoms with van der Waals surface area (Å²) in [6, 6.07) is 7.67. The first-order valence-electron chi connectivity index (χ1n) is 9.68. The van der Waals surface area contributed by atoms with Crippen molar-refractivity contribution in [2.45, 2.75) is 31.6 Å². The van der Waals surface area contributed by atoms with E-state index in [0.29, 0.717) is 0 Å². The standard InChI is InChI=1S/C22H17F6NO4S/c23-21(24,25)15-5-1-3-13(7-15)9-32-19(30)17-11-34-12-18(29-17)20(31)33-10-14-4-2-6-16(8-14)22(26,27)28/h1-8,11,18,29H,9-10,12H2/t18-/m0/s1. The minimum absolute atomic E-state index is 0.0933. The summed E-state index contributed by atoms with van der Waals surface area (Å²) < 4.78 is 86.9. The third-order valence-electron chi connectivity index (χ3n) is 4.56. The molecule has 0 radical (unpaired) electrons. The van der Waals surface area contributed by atoms with E-state index in [-0.39, 0.29) is 22.6 Å². The van der Waals surface area contributed by atoms with Crippen LogP contribution in [0.2, 0.25) is 0 Å². The van der Waals surface area contributed by atoms with E-state index in [2.05, 4.69) is 5.32 Å². The van der Waals surface area contributed by atoms with Crippen LogP contribution in [0.3, 0.4) is 0 Å². The average molecular weight is 505 g/mol. The van der Waals surface area contributed by atoms with Gasteiger partial charge in [0.1, 0.15) is 25.0 Å². The Hall–Kier alpha value is -3.15. The lowest BCUT2D eigenvalue weighted by Crippen LogP contribution is -2.43. The number of hydrogen-bond acceptors (Lipinski definition) is 6. The van der Waals surface area contributed by atoms with Crippen molar-refractivity contribution in [2.24, 2.45) is 0 Å². The first-order valence-corrected chi connectivity index (χ1v) is 10.7. The Morgan fingerprint density at radius 3 is 1.94 bits per heavy atom. The third-order valence-corrected chi connectivity index (χ3v) is 5.49. The fourth-order valence-electron chi connectivity index (χ4n) is 2.88. The van der Waals surface area contributed by atoms with Crippen LogP contribution in [-0.4, -0.2) is 23.7 Å². The van der Waals surface area contributed by atoms with Crippen molar-refractivity contribution in [3.8, 4) is 0 Å². The average Bonchev–Trinajstić information content (AvgIpc) is 2.80. The van der Waals surface area contributed by atoms with Gasteiger partial charge in [-0.3, -0.25) is 0 Å². The van der Waals surface area contributed by atoms with E-state index in [1.54, 1.807) is 0 Å². The second-order valence-electron chi connectivity index (χ2n) is 7.14. The number of alkyl halides is 6. The zero-order valence-electron chi connectivity index (χ0n) is 17.2. The Bertz CT molecular complexity index is 1080. The first-order chi connectivity index (χ1) is 15.9. The van der Waals surface area contributed by atoms with Gasteiger partial charge in [0.05, 0.1) is 11.1 Å². The minimum atomic E-state index is -4.54. The van der Waals surface area contributed by atoms with Crippen LogP contribution >= 0.6 is 11.8 Å². The fraction of sp³-hybridized carbons (Fsp3) is 0.273. The summed E-state index contributed by atoms with van der Waals surface area (Å²) in [5.41, 5.74) is -1.58. The largest absolute Gasteiger partial charge is 0.459 e. The highest BCUT2D eigenvalue weighted by atomic mass is 32.2. The minimum Gasteiger partial charge on any atom is -0.459 e. The molecule has 34 heavy (non-hydrogen) atoms. The summed E-state index contributed by atoms with van der Waals surface area (Å²) in [5, 5.41) is 4.02. The number of esters is 2. The molecule has 0 aromatic heterocycles. The van der Waals surface area contributed by atoms with E-state index >= 15 is 0 Å². The number of halogens is 6. The molecule has 2 aromatic carbocycles. The van der Waals surface area contributed by atoms with E-state index in [4.69, 9.17) is 9.47 Å². The third kappa shape index (κ3) is 6.92. The van der Waals surface area contributed by atoms with Gasteiger partial charge in [-0.15, -0.1) is 11.8 Å². The van der Waals surface area contributed by atoms with Crippen LogP contribution in [0.5, 0.6) is 0 Å². The molecule has 1 N–H and O–H groups in total. The summed E-state index contributed by atoms with van der Waals surface area (Å²) in [6.07, 6.45) is -9.07. The van der Waals surface area contributed by atoms with E-state index in [1.165, 1.54) is 29.7 Å². The van der Waals surface area contributed by atoms with Gasteiger partial charge in [0.2, 0.25) is 0 Å². The lowest BCUT2D eigenvalue weighted by Gasteiger charge is -2.23. The monoisotopic (exact) mass is 505 g/mol. The highest BCUT2D eigenvalue weighted by Gasteiger charge is 2.32. The molecular weight excluding hydrogens is 488 g/mol. The van der Waals surface area contributed by atoms with Crippen LogP contribution in [0.4, 0.5) is 26.3 Å². The highest BCUT2D eigenvalue weighted by Crippen LogP contribution is 2.30. The topological polar surface area (TPSA) is 64.6 Å². The van der Waals surface area contributed by atoms with Crippen molar-refractivity contribution < 1.29 is 45.4 Å². The second-order valence-corrected chi connectivity index (χ2v) is 8.04. The van der Waals surface area contributed by atoms with Crippen LogP contribution in [0.25, 0.3) is 0 Å². The Morgan fingerprint density at radius 2 is 1.41 bits per heavy atom. The molecule has 3 rings (SSSR count). The van der Waals surface area contributed by atoms with Crippen LogP contribution < -0.4 is 5.32 Å². The molecule has 0 aliphatic carbocycles. The second kappa shape index (κ2) is 10.4. The van der Waals surface area contributed by atoms with Gasteiger partial charge in [0, 0.05) is 11.2 Å². The number of benzene rings is 2. The smallest absolute Gasteiger partial charge is 0.416 e. The SMILES string of the molecule is O=C(OCc1cccc(C(F)(F)F)c1)C1=CSC[C@@H](C(=O)OCc2cccc(C(F)(F)F)c2)N1. The molecular formula is C22H17F6NO4S. The van der Waals surface area contributed by atoms with Gasteiger partial charge in [-0.25, -0.2) is 9.59 Å². The molecule has 1 atom stereocenters. The Morgan fingerprint density at radius 1 is 0.882 bits per heavy atom. The van der Waals surface area contributed by atoms with E-state index in [0.717, 1.165) is 36.0 Å².